The van der Waals surface area contributed by atoms with Crippen molar-refractivity contribution in [3.05, 3.63) is 87.9 Å². The highest BCUT2D eigenvalue weighted by Crippen LogP contribution is 2.29. The fourth-order valence-corrected chi connectivity index (χ4v) is 4.31. The van der Waals surface area contributed by atoms with Crippen LogP contribution < -0.4 is 19.1 Å². The zero-order valence-corrected chi connectivity index (χ0v) is 21.0. The second kappa shape index (κ2) is 11.5. The minimum Gasteiger partial charge on any atom is -0.493 e. The minimum absolute atomic E-state index is 0.0748. The van der Waals surface area contributed by atoms with Gasteiger partial charge in [-0.05, 0) is 48.0 Å². The van der Waals surface area contributed by atoms with Crippen molar-refractivity contribution in [1.82, 2.24) is 5.32 Å². The molecule has 0 aliphatic heterocycles. The second-order valence-corrected chi connectivity index (χ2v) is 10.0. The van der Waals surface area contributed by atoms with Crippen LogP contribution in [-0.4, -0.2) is 40.8 Å². The Labute approximate surface area is 209 Å². The van der Waals surface area contributed by atoms with Crippen molar-refractivity contribution in [1.29, 1.82) is 0 Å². The average Bonchev–Trinajstić information content (AvgIpc) is 2.82. The number of amides is 1. The van der Waals surface area contributed by atoms with Crippen molar-refractivity contribution < 1.29 is 22.7 Å². The first-order valence-electron chi connectivity index (χ1n) is 10.2. The minimum atomic E-state index is -3.59. The predicted molar refractivity (Wildman–Crippen MR) is 135 cm³/mol. The quantitative estimate of drug-likeness (QED) is 0.387. The van der Waals surface area contributed by atoms with Gasteiger partial charge >= 0.3 is 0 Å². The molecule has 10 heteroatoms. The van der Waals surface area contributed by atoms with Gasteiger partial charge in [-0.2, -0.15) is 0 Å². The molecule has 0 saturated heterocycles. The lowest BCUT2D eigenvalue weighted by atomic mass is 10.1. The van der Waals surface area contributed by atoms with Gasteiger partial charge in [-0.3, -0.25) is 9.10 Å². The number of methoxy groups -OCH3 is 1. The van der Waals surface area contributed by atoms with E-state index in [4.69, 9.17) is 32.7 Å². The first-order valence-corrected chi connectivity index (χ1v) is 12.8. The third kappa shape index (κ3) is 6.79. The van der Waals surface area contributed by atoms with E-state index < -0.39 is 10.0 Å². The van der Waals surface area contributed by atoms with Gasteiger partial charge in [0, 0.05) is 5.56 Å². The number of sulfonamides is 1. The van der Waals surface area contributed by atoms with Gasteiger partial charge in [-0.15, -0.1) is 0 Å². The van der Waals surface area contributed by atoms with Crippen LogP contribution in [0.2, 0.25) is 10.0 Å². The lowest BCUT2D eigenvalue weighted by Gasteiger charge is -2.23. The summed E-state index contributed by atoms with van der Waals surface area (Å²) in [6, 6.07) is 18.6. The van der Waals surface area contributed by atoms with Gasteiger partial charge in [0.25, 0.3) is 5.91 Å². The molecule has 0 heterocycles. The van der Waals surface area contributed by atoms with E-state index in [0.717, 1.165) is 6.26 Å². The molecule has 0 aliphatic carbocycles. The zero-order chi connectivity index (χ0) is 24.7. The Morgan fingerprint density at radius 3 is 2.26 bits per heavy atom. The highest BCUT2D eigenvalue weighted by Gasteiger charge is 2.19. The van der Waals surface area contributed by atoms with E-state index in [9.17, 15) is 13.2 Å². The molecule has 3 aromatic carbocycles. The Morgan fingerprint density at radius 2 is 1.65 bits per heavy atom. The van der Waals surface area contributed by atoms with Crippen LogP contribution in [0.3, 0.4) is 0 Å². The van der Waals surface area contributed by atoms with Gasteiger partial charge in [-0.25, -0.2) is 8.42 Å². The third-order valence-corrected chi connectivity index (χ3v) is 6.73. The molecule has 7 nitrogen and oxygen atoms in total. The summed E-state index contributed by atoms with van der Waals surface area (Å²) in [4.78, 5) is 12.4. The van der Waals surface area contributed by atoms with Crippen LogP contribution in [0.25, 0.3) is 0 Å². The van der Waals surface area contributed by atoms with Crippen LogP contribution in [0.4, 0.5) is 5.69 Å². The van der Waals surface area contributed by atoms with Gasteiger partial charge in [-0.1, -0.05) is 47.5 Å². The zero-order valence-electron chi connectivity index (χ0n) is 18.6. The monoisotopic (exact) mass is 522 g/mol. The molecule has 1 N–H and O–H groups in total. The number of para-hydroxylation sites is 2. The number of benzene rings is 3. The van der Waals surface area contributed by atoms with Crippen molar-refractivity contribution >= 4 is 44.8 Å². The number of nitrogens with zero attached hydrogens (tertiary/aromatic N) is 1. The fourth-order valence-electron chi connectivity index (χ4n) is 3.13. The van der Waals surface area contributed by atoms with E-state index in [1.807, 2.05) is 12.1 Å². The maximum Gasteiger partial charge on any atom is 0.251 e. The summed E-state index contributed by atoms with van der Waals surface area (Å²) in [7, 11) is -2.02. The lowest BCUT2D eigenvalue weighted by molar-refractivity contribution is 0.0947. The molecule has 0 unspecified atom stereocenters. The number of carbonyl (C=O) groups excluding carboxylic acids is 1. The van der Waals surface area contributed by atoms with Crippen LogP contribution in [-0.2, 0) is 16.6 Å². The molecule has 180 valence electrons. The molecular weight excluding hydrogens is 499 g/mol. The molecule has 0 aromatic heterocycles. The molecule has 0 atom stereocenters. The molecule has 0 fully saturated rings. The number of anilines is 1. The summed E-state index contributed by atoms with van der Waals surface area (Å²) < 4.78 is 36.8. The van der Waals surface area contributed by atoms with E-state index in [-0.39, 0.29) is 24.1 Å². The Hall–Kier alpha value is -2.94. The Kier molecular flexibility index (Phi) is 8.66. The van der Waals surface area contributed by atoms with Crippen molar-refractivity contribution in [2.24, 2.45) is 0 Å². The number of halogens is 2. The summed E-state index contributed by atoms with van der Waals surface area (Å²) >= 11 is 12.0. The SMILES string of the molecule is COc1ccccc1OCCNC(=O)c1ccc(CN(c2ccc(Cl)c(Cl)c2)S(C)(=O)=O)cc1. The molecule has 0 radical (unpaired) electrons. The van der Waals surface area contributed by atoms with Crippen LogP contribution >= 0.6 is 23.2 Å². The second-order valence-electron chi connectivity index (χ2n) is 7.32. The summed E-state index contributed by atoms with van der Waals surface area (Å²) in [6.07, 6.45) is 1.12. The first-order chi connectivity index (χ1) is 16.2. The van der Waals surface area contributed by atoms with E-state index in [0.29, 0.717) is 39.9 Å². The van der Waals surface area contributed by atoms with Crippen LogP contribution in [0, 0.1) is 0 Å². The standard InChI is InChI=1S/C24H24Cl2N2O5S/c1-32-22-5-3-4-6-23(22)33-14-13-27-24(29)18-9-7-17(8-10-18)16-28(34(2,30)31)19-11-12-20(25)21(26)15-19/h3-12,15H,13-14,16H2,1-2H3,(H,27,29). The normalized spacial score (nSPS) is 11.1. The maximum absolute atomic E-state index is 12.4. The van der Waals surface area contributed by atoms with Crippen LogP contribution in [0.5, 0.6) is 11.5 Å². The molecule has 3 rings (SSSR count). The van der Waals surface area contributed by atoms with Gasteiger partial charge < -0.3 is 14.8 Å². The molecule has 3 aromatic rings. The molecule has 0 bridgehead atoms. The molecular formula is C24H24Cl2N2O5S. The largest absolute Gasteiger partial charge is 0.493 e. The summed E-state index contributed by atoms with van der Waals surface area (Å²) in [5.41, 5.74) is 1.54. The maximum atomic E-state index is 12.4. The molecule has 0 aliphatic rings. The molecule has 0 saturated carbocycles. The van der Waals surface area contributed by atoms with Gasteiger partial charge in [0.1, 0.15) is 6.61 Å². The average molecular weight is 523 g/mol. The highest BCUT2D eigenvalue weighted by atomic mass is 35.5. The lowest BCUT2D eigenvalue weighted by Crippen LogP contribution is -2.29. The summed E-state index contributed by atoms with van der Waals surface area (Å²) in [6.45, 7) is 0.653. The third-order valence-electron chi connectivity index (χ3n) is 4.85. The van der Waals surface area contributed by atoms with Crippen molar-refractivity contribution in [2.75, 3.05) is 30.8 Å². The number of carbonyl (C=O) groups is 1. The van der Waals surface area contributed by atoms with Crippen molar-refractivity contribution in [2.45, 2.75) is 6.54 Å². The van der Waals surface area contributed by atoms with Crippen molar-refractivity contribution in [3.8, 4) is 11.5 Å². The van der Waals surface area contributed by atoms with Gasteiger partial charge in [0.15, 0.2) is 11.5 Å². The number of hydrogen-bond acceptors (Lipinski definition) is 5. The predicted octanol–water partition coefficient (Wildman–Crippen LogP) is 4.78. The number of hydrogen-bond donors (Lipinski definition) is 1. The summed E-state index contributed by atoms with van der Waals surface area (Å²) in [5, 5.41) is 3.38. The Balaban J connectivity index is 1.59. The highest BCUT2D eigenvalue weighted by molar-refractivity contribution is 7.92. The van der Waals surface area contributed by atoms with E-state index in [1.54, 1.807) is 55.6 Å². The number of nitrogens with one attached hydrogen (secondary N) is 1. The first kappa shape index (κ1) is 25.7. The van der Waals surface area contributed by atoms with Crippen LogP contribution in [0.15, 0.2) is 66.7 Å². The summed E-state index contributed by atoms with van der Waals surface area (Å²) in [5.74, 6) is 0.953. The Bertz CT molecular complexity index is 1250. The van der Waals surface area contributed by atoms with Gasteiger partial charge in [0.05, 0.1) is 42.2 Å². The molecule has 1 amide bonds. The fraction of sp³-hybridized carbons (Fsp3) is 0.208. The smallest absolute Gasteiger partial charge is 0.251 e. The van der Waals surface area contributed by atoms with E-state index in [1.165, 1.54) is 10.4 Å². The Morgan fingerprint density at radius 1 is 0.971 bits per heavy atom. The van der Waals surface area contributed by atoms with Crippen molar-refractivity contribution in [3.63, 3.8) is 0 Å². The topological polar surface area (TPSA) is 84.9 Å². The number of ether oxygens (including phenoxy) is 2. The molecule has 0 spiro atoms. The van der Waals surface area contributed by atoms with Crippen LogP contribution in [0.1, 0.15) is 15.9 Å². The van der Waals surface area contributed by atoms with Gasteiger partial charge in [0.2, 0.25) is 10.0 Å². The molecule has 34 heavy (non-hydrogen) atoms. The van der Waals surface area contributed by atoms with E-state index in [2.05, 4.69) is 5.32 Å². The number of rotatable bonds is 10. The van der Waals surface area contributed by atoms with E-state index >= 15 is 0 Å².